The standard InChI is InChI=1S/C15H13BrCl2O2S.C13H9BCl2O2S/c1-19-9-20-8-10-2-3-11(6-13(10)16)21-12-4-5-14(17)15(18)7-12;15-12-4-3-10(6-13(12)16)19-9-2-1-8-7-18-14(17)11(8)5-9/h2-7H,8-9H2,1H3;1-6,17H,7H2. The van der Waals surface area contributed by atoms with Gasteiger partial charge in [0.1, 0.15) is 6.79 Å². The number of fused-ring (bicyclic) bond motifs is 1. The summed E-state index contributed by atoms with van der Waals surface area (Å²) in [6.07, 6.45) is 0. The summed E-state index contributed by atoms with van der Waals surface area (Å²) < 4.78 is 16.4. The van der Waals surface area contributed by atoms with Crippen molar-refractivity contribution in [1.82, 2.24) is 0 Å². The van der Waals surface area contributed by atoms with Crippen LogP contribution in [0.3, 0.4) is 0 Å². The van der Waals surface area contributed by atoms with Crippen molar-refractivity contribution in [1.29, 1.82) is 0 Å². The molecule has 0 aliphatic carbocycles. The first-order valence-electron chi connectivity index (χ1n) is 11.8. The van der Waals surface area contributed by atoms with Crippen LogP contribution >= 0.6 is 85.9 Å². The zero-order chi connectivity index (χ0) is 28.6. The van der Waals surface area contributed by atoms with E-state index in [1.807, 2.05) is 54.6 Å². The maximum atomic E-state index is 9.68. The summed E-state index contributed by atoms with van der Waals surface area (Å²) in [6.45, 7) is 1.26. The van der Waals surface area contributed by atoms with Crippen molar-refractivity contribution in [3.63, 3.8) is 0 Å². The van der Waals surface area contributed by atoms with E-state index >= 15 is 0 Å². The topological polar surface area (TPSA) is 47.9 Å². The fourth-order valence-electron chi connectivity index (χ4n) is 3.55. The number of ether oxygens (including phenoxy) is 2. The van der Waals surface area contributed by atoms with E-state index in [4.69, 9.17) is 60.5 Å². The molecule has 0 fully saturated rings. The van der Waals surface area contributed by atoms with Gasteiger partial charge in [0, 0.05) is 31.2 Å². The van der Waals surface area contributed by atoms with Crippen LogP contribution in [-0.2, 0) is 27.3 Å². The van der Waals surface area contributed by atoms with Crippen molar-refractivity contribution >= 4 is 98.4 Å². The number of rotatable bonds is 8. The van der Waals surface area contributed by atoms with Crippen molar-refractivity contribution < 1.29 is 19.2 Å². The van der Waals surface area contributed by atoms with E-state index in [-0.39, 0.29) is 6.79 Å². The van der Waals surface area contributed by atoms with Gasteiger partial charge in [-0.25, -0.2) is 0 Å². The summed E-state index contributed by atoms with van der Waals surface area (Å²) in [5, 5.41) is 11.9. The van der Waals surface area contributed by atoms with Crippen molar-refractivity contribution in [2.75, 3.05) is 13.9 Å². The summed E-state index contributed by atoms with van der Waals surface area (Å²) in [6, 6.07) is 23.2. The Hall–Kier alpha value is -0.875. The van der Waals surface area contributed by atoms with Crippen molar-refractivity contribution in [3.05, 3.63) is 108 Å². The van der Waals surface area contributed by atoms with Crippen LogP contribution in [0, 0.1) is 0 Å². The van der Waals surface area contributed by atoms with E-state index in [1.165, 1.54) is 0 Å². The minimum absolute atomic E-state index is 0.284. The molecule has 0 saturated carbocycles. The van der Waals surface area contributed by atoms with Crippen LogP contribution in [0.4, 0.5) is 0 Å². The zero-order valence-corrected chi connectivity index (χ0v) is 27.2. The first-order chi connectivity index (χ1) is 19.2. The smallest absolute Gasteiger partial charge is 0.423 e. The molecule has 4 aromatic carbocycles. The van der Waals surface area contributed by atoms with Gasteiger partial charge < -0.3 is 19.2 Å². The number of halogens is 5. The summed E-state index contributed by atoms with van der Waals surface area (Å²) in [7, 11) is 0.788. The molecule has 4 nitrogen and oxygen atoms in total. The second-order valence-electron chi connectivity index (χ2n) is 8.39. The predicted molar refractivity (Wildman–Crippen MR) is 171 cm³/mol. The maximum absolute atomic E-state index is 9.68. The molecule has 0 bridgehead atoms. The molecule has 0 aromatic heterocycles. The zero-order valence-electron chi connectivity index (χ0n) is 21.0. The Bertz CT molecular complexity index is 1480. The van der Waals surface area contributed by atoms with Crippen LogP contribution in [0.1, 0.15) is 11.1 Å². The molecule has 1 heterocycles. The van der Waals surface area contributed by atoms with Crippen LogP contribution in [-0.4, -0.2) is 26.0 Å². The number of hydrogen-bond acceptors (Lipinski definition) is 6. The lowest BCUT2D eigenvalue weighted by atomic mass is 9.80. The third-order valence-electron chi connectivity index (χ3n) is 5.52. The van der Waals surface area contributed by atoms with Gasteiger partial charge in [-0.05, 0) is 77.3 Å². The van der Waals surface area contributed by atoms with E-state index in [0.29, 0.717) is 33.3 Å². The Morgan fingerprint density at radius 1 is 0.800 bits per heavy atom. The van der Waals surface area contributed by atoms with Gasteiger partial charge in [-0.2, -0.15) is 0 Å². The molecule has 1 aliphatic rings. The van der Waals surface area contributed by atoms with E-state index in [1.54, 1.807) is 42.8 Å². The second-order valence-corrected chi connectivity index (χ2v) is 13.2. The van der Waals surface area contributed by atoms with Gasteiger partial charge in [0.15, 0.2) is 0 Å². The molecule has 40 heavy (non-hydrogen) atoms. The lowest BCUT2D eigenvalue weighted by molar-refractivity contribution is -0.0392. The fraction of sp³-hybridized carbons (Fsp3) is 0.143. The van der Waals surface area contributed by atoms with Gasteiger partial charge in [0.05, 0.1) is 33.3 Å². The average Bonchev–Trinajstić information content (AvgIpc) is 3.30. The predicted octanol–water partition coefficient (Wildman–Crippen LogP) is 9.39. The Balaban J connectivity index is 0.000000186. The van der Waals surface area contributed by atoms with Gasteiger partial charge in [-0.15, -0.1) is 0 Å². The molecule has 0 amide bonds. The molecule has 12 heteroatoms. The lowest BCUT2D eigenvalue weighted by Crippen LogP contribution is -2.27. The van der Waals surface area contributed by atoms with E-state index in [0.717, 1.165) is 40.6 Å². The van der Waals surface area contributed by atoms with Crippen molar-refractivity contribution in [3.8, 4) is 0 Å². The first-order valence-corrected chi connectivity index (χ1v) is 15.7. The van der Waals surface area contributed by atoms with Crippen LogP contribution in [0.5, 0.6) is 0 Å². The fourth-order valence-corrected chi connectivity index (χ4v) is 6.73. The Kier molecular flexibility index (Phi) is 12.5. The van der Waals surface area contributed by atoms with Gasteiger partial charge in [0.2, 0.25) is 0 Å². The average molecular weight is 719 g/mol. The maximum Gasteiger partial charge on any atom is 0.491 e. The third kappa shape index (κ3) is 9.06. The second kappa shape index (κ2) is 15.6. The van der Waals surface area contributed by atoms with Crippen LogP contribution in [0.25, 0.3) is 0 Å². The van der Waals surface area contributed by atoms with Crippen LogP contribution in [0.15, 0.2) is 96.9 Å². The summed E-state index contributed by atoms with van der Waals surface area (Å²) >= 11 is 30.6. The molecule has 0 atom stereocenters. The highest BCUT2D eigenvalue weighted by atomic mass is 79.9. The number of methoxy groups -OCH3 is 1. The SMILES string of the molecule is COCOCc1ccc(Sc2ccc(Cl)c(Cl)c2)cc1Br.OB1OCc2ccc(Sc3ccc(Cl)c(Cl)c3)cc21. The monoisotopic (exact) mass is 716 g/mol. The molecule has 1 aliphatic heterocycles. The summed E-state index contributed by atoms with van der Waals surface area (Å²) in [5.41, 5.74) is 2.95. The first kappa shape index (κ1) is 32.0. The molecule has 5 rings (SSSR count). The minimum Gasteiger partial charge on any atom is -0.423 e. The van der Waals surface area contributed by atoms with Gasteiger partial charge in [0.25, 0.3) is 0 Å². The Morgan fingerprint density at radius 3 is 1.93 bits per heavy atom. The quantitative estimate of drug-likeness (QED) is 0.111. The van der Waals surface area contributed by atoms with E-state index < -0.39 is 7.12 Å². The largest absolute Gasteiger partial charge is 0.491 e. The minimum atomic E-state index is -0.815. The normalized spacial score (nSPS) is 12.2. The highest BCUT2D eigenvalue weighted by molar-refractivity contribution is 9.10. The Labute approximate surface area is 270 Å². The van der Waals surface area contributed by atoms with E-state index in [2.05, 4.69) is 22.0 Å². The molecule has 208 valence electrons. The van der Waals surface area contributed by atoms with Gasteiger partial charge >= 0.3 is 7.12 Å². The lowest BCUT2D eigenvalue weighted by Gasteiger charge is -2.08. The molecular formula is C28H22BBrCl4O4S2. The summed E-state index contributed by atoms with van der Waals surface area (Å²) in [4.78, 5) is 4.18. The highest BCUT2D eigenvalue weighted by Crippen LogP contribution is 2.35. The highest BCUT2D eigenvalue weighted by Gasteiger charge is 2.27. The van der Waals surface area contributed by atoms with Gasteiger partial charge in [-0.1, -0.05) is 98.0 Å². The van der Waals surface area contributed by atoms with Crippen molar-refractivity contribution in [2.24, 2.45) is 0 Å². The Morgan fingerprint density at radius 2 is 1.35 bits per heavy atom. The third-order valence-corrected chi connectivity index (χ3v) is 9.69. The number of hydrogen-bond donors (Lipinski definition) is 1. The van der Waals surface area contributed by atoms with E-state index in [9.17, 15) is 5.02 Å². The van der Waals surface area contributed by atoms with Crippen LogP contribution < -0.4 is 5.46 Å². The molecule has 0 unspecified atom stereocenters. The van der Waals surface area contributed by atoms with Gasteiger partial charge in [-0.3, -0.25) is 0 Å². The molecule has 1 N–H and O–H groups in total. The molecule has 0 spiro atoms. The number of benzene rings is 4. The van der Waals surface area contributed by atoms with Crippen LogP contribution in [0.2, 0.25) is 20.1 Å². The van der Waals surface area contributed by atoms with Crippen molar-refractivity contribution in [2.45, 2.75) is 32.8 Å². The summed E-state index contributed by atoms with van der Waals surface area (Å²) in [5.74, 6) is 0. The molecule has 4 aromatic rings. The molecule has 0 radical (unpaired) electrons. The molecule has 0 saturated heterocycles. The molecular weight excluding hydrogens is 697 g/mol.